The lowest BCUT2D eigenvalue weighted by molar-refractivity contribution is -0.130. The molecule has 30 heavy (non-hydrogen) atoms. The summed E-state index contributed by atoms with van der Waals surface area (Å²) in [6.45, 7) is 6.67. The topological polar surface area (TPSA) is 43.9 Å². The average molecular weight is 464 g/mol. The highest BCUT2D eigenvalue weighted by Gasteiger charge is 2.40. The number of amides is 2. The molecule has 3 heterocycles. The number of piperazine rings is 1. The predicted octanol–water partition coefficient (Wildman–Crippen LogP) is 4.21. The SMILES string of the molecule is CCC1SC(c2ccccc2Cl)N(CCN2CCN(C(=O)c3cccs3)CC2)C1=O. The molecular weight excluding hydrogens is 438 g/mol. The second kappa shape index (κ2) is 9.73. The number of thioether (sulfide) groups is 1. The first-order valence-corrected chi connectivity index (χ1v) is 12.5. The second-order valence-corrected chi connectivity index (χ2v) is 10.2. The maximum Gasteiger partial charge on any atom is 0.264 e. The molecule has 2 aromatic rings. The molecule has 0 aliphatic carbocycles. The highest BCUT2D eigenvalue weighted by atomic mass is 35.5. The average Bonchev–Trinajstić information content (AvgIpc) is 3.41. The first kappa shape index (κ1) is 21.7. The summed E-state index contributed by atoms with van der Waals surface area (Å²) in [5.41, 5.74) is 1.01. The Bertz CT molecular complexity index is 884. The van der Waals surface area contributed by atoms with E-state index in [2.05, 4.69) is 11.8 Å². The predicted molar refractivity (Wildman–Crippen MR) is 124 cm³/mol. The van der Waals surface area contributed by atoms with E-state index in [0.29, 0.717) is 11.6 Å². The van der Waals surface area contributed by atoms with Gasteiger partial charge in [-0.15, -0.1) is 23.1 Å². The number of thiophene rings is 1. The highest BCUT2D eigenvalue weighted by molar-refractivity contribution is 8.01. The van der Waals surface area contributed by atoms with Crippen LogP contribution >= 0.6 is 34.7 Å². The fourth-order valence-electron chi connectivity index (χ4n) is 3.98. The summed E-state index contributed by atoms with van der Waals surface area (Å²) in [6, 6.07) is 11.6. The first-order valence-electron chi connectivity index (χ1n) is 10.3. The first-order chi connectivity index (χ1) is 14.6. The second-order valence-electron chi connectivity index (χ2n) is 7.55. The van der Waals surface area contributed by atoms with Crippen molar-refractivity contribution in [1.29, 1.82) is 0 Å². The Kier molecular flexibility index (Phi) is 7.03. The van der Waals surface area contributed by atoms with Crippen LogP contribution < -0.4 is 0 Å². The van der Waals surface area contributed by atoms with Gasteiger partial charge in [-0.2, -0.15) is 0 Å². The number of carbonyl (C=O) groups excluding carboxylic acids is 2. The molecule has 0 radical (unpaired) electrons. The molecule has 160 valence electrons. The van der Waals surface area contributed by atoms with E-state index in [1.807, 2.05) is 51.6 Å². The van der Waals surface area contributed by atoms with Gasteiger partial charge in [0, 0.05) is 49.9 Å². The van der Waals surface area contributed by atoms with Crippen LogP contribution in [0.15, 0.2) is 41.8 Å². The Hall–Kier alpha value is -1.54. The molecule has 2 amide bonds. The van der Waals surface area contributed by atoms with E-state index >= 15 is 0 Å². The van der Waals surface area contributed by atoms with Crippen molar-refractivity contribution in [2.45, 2.75) is 24.0 Å². The van der Waals surface area contributed by atoms with Crippen molar-refractivity contribution in [3.05, 3.63) is 57.2 Å². The lowest BCUT2D eigenvalue weighted by atomic mass is 10.2. The smallest absolute Gasteiger partial charge is 0.264 e. The number of hydrogen-bond donors (Lipinski definition) is 0. The van der Waals surface area contributed by atoms with E-state index in [4.69, 9.17) is 11.6 Å². The molecular formula is C22H26ClN3O2S2. The maximum absolute atomic E-state index is 13.0. The van der Waals surface area contributed by atoms with Crippen molar-refractivity contribution >= 4 is 46.5 Å². The van der Waals surface area contributed by atoms with Crippen LogP contribution in [0.25, 0.3) is 0 Å². The van der Waals surface area contributed by atoms with Crippen LogP contribution in [0.5, 0.6) is 0 Å². The molecule has 5 nitrogen and oxygen atoms in total. The van der Waals surface area contributed by atoms with Crippen molar-refractivity contribution in [2.24, 2.45) is 0 Å². The van der Waals surface area contributed by atoms with E-state index in [1.54, 1.807) is 11.8 Å². The number of halogens is 1. The van der Waals surface area contributed by atoms with Crippen molar-refractivity contribution < 1.29 is 9.59 Å². The Morgan fingerprint density at radius 2 is 1.87 bits per heavy atom. The third kappa shape index (κ3) is 4.54. The fraction of sp³-hybridized carbons (Fsp3) is 0.455. The summed E-state index contributed by atoms with van der Waals surface area (Å²) in [7, 11) is 0. The van der Waals surface area contributed by atoms with Crippen molar-refractivity contribution in [3.8, 4) is 0 Å². The number of carbonyl (C=O) groups is 2. The van der Waals surface area contributed by atoms with E-state index in [1.165, 1.54) is 11.3 Å². The molecule has 4 rings (SSSR count). The van der Waals surface area contributed by atoms with Crippen LogP contribution in [0.1, 0.15) is 34.0 Å². The van der Waals surface area contributed by atoms with E-state index < -0.39 is 0 Å². The van der Waals surface area contributed by atoms with Gasteiger partial charge in [0.1, 0.15) is 5.37 Å². The number of hydrogen-bond acceptors (Lipinski definition) is 5. The zero-order chi connectivity index (χ0) is 21.1. The van der Waals surface area contributed by atoms with Gasteiger partial charge in [-0.1, -0.05) is 42.8 Å². The van der Waals surface area contributed by atoms with Gasteiger partial charge in [-0.25, -0.2) is 0 Å². The Labute approximate surface area is 191 Å². The highest BCUT2D eigenvalue weighted by Crippen LogP contribution is 2.45. The third-order valence-electron chi connectivity index (χ3n) is 5.73. The number of rotatable bonds is 6. The van der Waals surface area contributed by atoms with Crippen LogP contribution in [0.2, 0.25) is 5.02 Å². The summed E-state index contributed by atoms with van der Waals surface area (Å²) in [5.74, 6) is 0.333. The maximum atomic E-state index is 13.0. The summed E-state index contributed by atoms with van der Waals surface area (Å²) < 4.78 is 0. The van der Waals surface area contributed by atoms with Gasteiger partial charge in [0.25, 0.3) is 5.91 Å². The van der Waals surface area contributed by atoms with E-state index in [0.717, 1.165) is 49.6 Å². The molecule has 1 aromatic heterocycles. The Morgan fingerprint density at radius 1 is 1.10 bits per heavy atom. The standard InChI is InChI=1S/C22H26ClN3O2S2/c1-2-18-21(28)26(22(30-18)16-6-3-4-7-17(16)23)14-11-24-9-12-25(13-10-24)20(27)19-8-5-15-29-19/h3-8,15,18,22H,2,9-14H2,1H3. The van der Waals surface area contributed by atoms with Crippen LogP contribution in [0, 0.1) is 0 Å². The minimum Gasteiger partial charge on any atom is -0.335 e. The van der Waals surface area contributed by atoms with Crippen molar-refractivity contribution in [2.75, 3.05) is 39.3 Å². The summed E-state index contributed by atoms with van der Waals surface area (Å²) >= 11 is 9.64. The minimum atomic E-state index is -0.0298. The molecule has 8 heteroatoms. The largest absolute Gasteiger partial charge is 0.335 e. The van der Waals surface area contributed by atoms with Crippen LogP contribution in [0.3, 0.4) is 0 Å². The quantitative estimate of drug-likeness (QED) is 0.643. The van der Waals surface area contributed by atoms with Gasteiger partial charge in [0.15, 0.2) is 0 Å². The molecule has 2 unspecified atom stereocenters. The summed E-state index contributed by atoms with van der Waals surface area (Å²) in [6.07, 6.45) is 0.824. The van der Waals surface area contributed by atoms with Gasteiger partial charge in [0.05, 0.1) is 10.1 Å². The lowest BCUT2D eigenvalue weighted by Crippen LogP contribution is -2.50. The number of nitrogens with zero attached hydrogens (tertiary/aromatic N) is 3. The molecule has 2 aliphatic heterocycles. The minimum absolute atomic E-state index is 0.00784. The monoisotopic (exact) mass is 463 g/mol. The molecule has 2 aliphatic rings. The fourth-order valence-corrected chi connectivity index (χ4v) is 6.44. The summed E-state index contributed by atoms with van der Waals surface area (Å²) in [4.78, 5) is 32.6. The molecule has 2 fully saturated rings. The third-order valence-corrected chi connectivity index (χ3v) is 8.56. The Balaban J connectivity index is 1.36. The molecule has 0 N–H and O–H groups in total. The molecule has 1 aromatic carbocycles. The zero-order valence-corrected chi connectivity index (χ0v) is 19.4. The van der Waals surface area contributed by atoms with Gasteiger partial charge in [-0.05, 0) is 23.9 Å². The molecule has 2 saturated heterocycles. The molecule has 0 bridgehead atoms. The van der Waals surface area contributed by atoms with Crippen LogP contribution in [-0.2, 0) is 4.79 Å². The van der Waals surface area contributed by atoms with Gasteiger partial charge < -0.3 is 9.80 Å². The zero-order valence-electron chi connectivity index (χ0n) is 17.0. The summed E-state index contributed by atoms with van der Waals surface area (Å²) in [5, 5.41) is 2.61. The Morgan fingerprint density at radius 3 is 2.53 bits per heavy atom. The normalized spacial score (nSPS) is 22.7. The van der Waals surface area contributed by atoms with Crippen molar-refractivity contribution in [3.63, 3.8) is 0 Å². The molecule has 2 atom stereocenters. The van der Waals surface area contributed by atoms with E-state index in [9.17, 15) is 9.59 Å². The number of benzene rings is 1. The van der Waals surface area contributed by atoms with Crippen molar-refractivity contribution in [1.82, 2.24) is 14.7 Å². The van der Waals surface area contributed by atoms with Crippen LogP contribution in [0.4, 0.5) is 0 Å². The van der Waals surface area contributed by atoms with E-state index in [-0.39, 0.29) is 22.4 Å². The van der Waals surface area contributed by atoms with Crippen LogP contribution in [-0.4, -0.2) is 71.0 Å². The van der Waals surface area contributed by atoms with Gasteiger partial charge in [-0.3, -0.25) is 14.5 Å². The van der Waals surface area contributed by atoms with Gasteiger partial charge in [0.2, 0.25) is 5.91 Å². The molecule has 0 spiro atoms. The van der Waals surface area contributed by atoms with Gasteiger partial charge >= 0.3 is 0 Å². The molecule has 0 saturated carbocycles. The lowest BCUT2D eigenvalue weighted by Gasteiger charge is -2.36.